The lowest BCUT2D eigenvalue weighted by atomic mass is 9.89. The van der Waals surface area contributed by atoms with Crippen LogP contribution in [0.15, 0.2) is 12.2 Å². The Morgan fingerprint density at radius 1 is 0.700 bits per heavy atom. The smallest absolute Gasteiger partial charge is 0.0234 e. The second kappa shape index (κ2) is 13.7. The molecule has 0 saturated heterocycles. The molecule has 1 aliphatic carbocycles. The second-order valence-electron chi connectivity index (χ2n) is 6.80. The van der Waals surface area contributed by atoms with Crippen molar-refractivity contribution < 1.29 is 0 Å². The Balaban J connectivity index is 1.77. The van der Waals surface area contributed by atoms with Gasteiger partial charge in [0, 0.05) is 0 Å². The van der Waals surface area contributed by atoms with Crippen molar-refractivity contribution in [2.24, 2.45) is 5.92 Å². The molecule has 1 fully saturated rings. The summed E-state index contributed by atoms with van der Waals surface area (Å²) in [6.07, 6.45) is 28.1. The largest absolute Gasteiger partial charge is 0.0883 e. The fraction of sp³-hybridized carbons (Fsp3) is 0.900. The van der Waals surface area contributed by atoms with Crippen molar-refractivity contribution in [2.45, 2.75) is 110 Å². The van der Waals surface area contributed by atoms with E-state index >= 15 is 0 Å². The third-order valence-electron chi connectivity index (χ3n) is 4.78. The predicted molar refractivity (Wildman–Crippen MR) is 92.2 cm³/mol. The highest BCUT2D eigenvalue weighted by molar-refractivity contribution is 4.89. The van der Waals surface area contributed by atoms with Gasteiger partial charge in [0.25, 0.3) is 0 Å². The Kier molecular flexibility index (Phi) is 12.2. The molecule has 1 saturated carbocycles. The number of hydrogen-bond donors (Lipinski definition) is 0. The molecule has 1 aliphatic rings. The Hall–Kier alpha value is -0.260. The maximum Gasteiger partial charge on any atom is -0.0234 e. The van der Waals surface area contributed by atoms with Crippen molar-refractivity contribution in [3.05, 3.63) is 12.2 Å². The summed E-state index contributed by atoms with van der Waals surface area (Å²) in [7, 11) is 0. The fourth-order valence-electron chi connectivity index (χ4n) is 3.36. The quantitative estimate of drug-likeness (QED) is 0.257. The molecule has 0 aromatic carbocycles. The minimum absolute atomic E-state index is 0.923. The van der Waals surface area contributed by atoms with E-state index in [1.54, 1.807) is 0 Å². The van der Waals surface area contributed by atoms with Crippen LogP contribution in [0, 0.1) is 5.92 Å². The minimum Gasteiger partial charge on any atom is -0.0883 e. The summed E-state index contributed by atoms with van der Waals surface area (Å²) in [5.41, 5.74) is 0. The van der Waals surface area contributed by atoms with Crippen LogP contribution in [0.25, 0.3) is 0 Å². The van der Waals surface area contributed by atoms with Gasteiger partial charge in [-0.2, -0.15) is 0 Å². The number of allylic oxidation sites excluding steroid dienone is 2. The summed E-state index contributed by atoms with van der Waals surface area (Å²) in [5.74, 6) is 0.923. The summed E-state index contributed by atoms with van der Waals surface area (Å²) in [5, 5.41) is 0. The second-order valence-corrected chi connectivity index (χ2v) is 6.80. The van der Waals surface area contributed by atoms with Crippen LogP contribution in [0.5, 0.6) is 0 Å². The van der Waals surface area contributed by atoms with Crippen LogP contribution in [-0.2, 0) is 0 Å². The van der Waals surface area contributed by atoms with Crippen LogP contribution in [0.1, 0.15) is 110 Å². The molecule has 0 aromatic heterocycles. The first-order chi connectivity index (χ1) is 9.93. The van der Waals surface area contributed by atoms with E-state index in [0.717, 1.165) is 5.92 Å². The molecule has 0 atom stereocenters. The predicted octanol–water partition coefficient (Wildman–Crippen LogP) is 7.43. The third-order valence-corrected chi connectivity index (χ3v) is 4.78. The molecule has 0 amide bonds. The Labute approximate surface area is 128 Å². The molecule has 0 unspecified atom stereocenters. The maximum atomic E-state index is 2.52. The average molecular weight is 279 g/mol. The van der Waals surface area contributed by atoms with E-state index in [0.29, 0.717) is 0 Å². The van der Waals surface area contributed by atoms with Gasteiger partial charge < -0.3 is 0 Å². The number of hydrogen-bond acceptors (Lipinski definition) is 0. The van der Waals surface area contributed by atoms with E-state index < -0.39 is 0 Å². The molecular formula is C20H38. The standard InChI is InChI=1S/C20H38/c1-2-3-4-5-6-7-8-9-10-11-12-14-17-20-18-15-13-16-19-20/h14,17,20H,2-13,15-16,18-19H2,1H3. The van der Waals surface area contributed by atoms with E-state index in [-0.39, 0.29) is 0 Å². The van der Waals surface area contributed by atoms with Crippen LogP contribution in [0.2, 0.25) is 0 Å². The van der Waals surface area contributed by atoms with E-state index in [1.807, 2.05) is 0 Å². The van der Waals surface area contributed by atoms with Crippen LogP contribution in [-0.4, -0.2) is 0 Å². The van der Waals surface area contributed by atoms with Gasteiger partial charge in [-0.3, -0.25) is 0 Å². The van der Waals surface area contributed by atoms with Gasteiger partial charge in [-0.1, -0.05) is 96.1 Å². The zero-order chi connectivity index (χ0) is 14.3. The van der Waals surface area contributed by atoms with Gasteiger partial charge >= 0.3 is 0 Å². The summed E-state index contributed by atoms with van der Waals surface area (Å²) in [6.45, 7) is 2.29. The molecule has 0 heterocycles. The highest BCUT2D eigenvalue weighted by Crippen LogP contribution is 2.24. The number of unbranched alkanes of at least 4 members (excludes halogenated alkanes) is 10. The van der Waals surface area contributed by atoms with Crippen molar-refractivity contribution in [1.29, 1.82) is 0 Å². The highest BCUT2D eigenvalue weighted by Gasteiger charge is 2.09. The lowest BCUT2D eigenvalue weighted by molar-refractivity contribution is 0.418. The highest BCUT2D eigenvalue weighted by atomic mass is 14.1. The summed E-state index contributed by atoms with van der Waals surface area (Å²) < 4.78 is 0. The molecular weight excluding hydrogens is 240 g/mol. The molecule has 0 bridgehead atoms. The first kappa shape index (κ1) is 17.8. The monoisotopic (exact) mass is 278 g/mol. The molecule has 118 valence electrons. The van der Waals surface area contributed by atoms with Crippen molar-refractivity contribution in [3.63, 3.8) is 0 Å². The molecule has 0 heteroatoms. The molecule has 1 rings (SSSR count). The normalized spacial score (nSPS) is 17.1. The van der Waals surface area contributed by atoms with Crippen LogP contribution >= 0.6 is 0 Å². The van der Waals surface area contributed by atoms with Crippen molar-refractivity contribution in [2.75, 3.05) is 0 Å². The van der Waals surface area contributed by atoms with Gasteiger partial charge in [-0.05, 0) is 31.6 Å². The topological polar surface area (TPSA) is 0 Å². The van der Waals surface area contributed by atoms with Gasteiger partial charge in [0.15, 0.2) is 0 Å². The molecule has 20 heavy (non-hydrogen) atoms. The Bertz CT molecular complexity index is 210. The summed E-state index contributed by atoms with van der Waals surface area (Å²) >= 11 is 0. The summed E-state index contributed by atoms with van der Waals surface area (Å²) in [6, 6.07) is 0. The van der Waals surface area contributed by atoms with Crippen LogP contribution < -0.4 is 0 Å². The van der Waals surface area contributed by atoms with Gasteiger partial charge in [-0.15, -0.1) is 0 Å². The van der Waals surface area contributed by atoms with E-state index in [1.165, 1.54) is 103 Å². The lowest BCUT2D eigenvalue weighted by Gasteiger charge is -2.17. The van der Waals surface area contributed by atoms with E-state index in [2.05, 4.69) is 19.1 Å². The van der Waals surface area contributed by atoms with Gasteiger partial charge in [0.05, 0.1) is 0 Å². The first-order valence-electron chi connectivity index (χ1n) is 9.60. The van der Waals surface area contributed by atoms with Gasteiger partial charge in [0.1, 0.15) is 0 Å². The molecule has 0 radical (unpaired) electrons. The van der Waals surface area contributed by atoms with Gasteiger partial charge in [-0.25, -0.2) is 0 Å². The number of rotatable bonds is 12. The van der Waals surface area contributed by atoms with Gasteiger partial charge in [0.2, 0.25) is 0 Å². The molecule has 0 spiro atoms. The van der Waals surface area contributed by atoms with Crippen molar-refractivity contribution in [1.82, 2.24) is 0 Å². The Morgan fingerprint density at radius 2 is 1.25 bits per heavy atom. The van der Waals surface area contributed by atoms with Crippen LogP contribution in [0.4, 0.5) is 0 Å². The first-order valence-corrected chi connectivity index (χ1v) is 9.60. The van der Waals surface area contributed by atoms with E-state index in [4.69, 9.17) is 0 Å². The van der Waals surface area contributed by atoms with Crippen molar-refractivity contribution >= 4 is 0 Å². The maximum absolute atomic E-state index is 2.52. The third kappa shape index (κ3) is 10.5. The summed E-state index contributed by atoms with van der Waals surface area (Å²) in [4.78, 5) is 0. The molecule has 0 aromatic rings. The Morgan fingerprint density at radius 3 is 1.85 bits per heavy atom. The van der Waals surface area contributed by atoms with Crippen molar-refractivity contribution in [3.8, 4) is 0 Å². The fourth-order valence-corrected chi connectivity index (χ4v) is 3.36. The zero-order valence-corrected chi connectivity index (χ0v) is 14.0. The SMILES string of the molecule is CCCCCCCCCCCCC=CC1CCCCC1. The average Bonchev–Trinajstić information content (AvgIpc) is 2.49. The van der Waals surface area contributed by atoms with Crippen LogP contribution in [0.3, 0.4) is 0 Å². The molecule has 0 N–H and O–H groups in total. The molecule has 0 aliphatic heterocycles. The zero-order valence-electron chi connectivity index (χ0n) is 14.0. The van der Waals surface area contributed by atoms with E-state index in [9.17, 15) is 0 Å². The minimum atomic E-state index is 0.923. The lowest BCUT2D eigenvalue weighted by Crippen LogP contribution is -2.02. The molecule has 0 nitrogen and oxygen atoms in total.